The maximum absolute atomic E-state index is 5.87. The van der Waals surface area contributed by atoms with Crippen LogP contribution in [-0.2, 0) is 16.1 Å². The molecule has 0 unspecified atom stereocenters. The maximum Gasteiger partial charge on any atom is 0.107 e. The predicted molar refractivity (Wildman–Crippen MR) is 61.7 cm³/mol. The minimum atomic E-state index is 0.538. The molecule has 1 aromatic rings. The van der Waals surface area contributed by atoms with E-state index in [1.165, 1.54) is 11.3 Å². The molecule has 6 heteroatoms. The molecule has 0 saturated carbocycles. The lowest BCUT2D eigenvalue weighted by Crippen LogP contribution is -2.16. The van der Waals surface area contributed by atoms with Crippen LogP contribution in [0.1, 0.15) is 4.88 Å². The average molecular weight is 301 g/mol. The van der Waals surface area contributed by atoms with Crippen LogP contribution in [0.25, 0.3) is 0 Å². The molecule has 0 bridgehead atoms. The highest BCUT2D eigenvalue weighted by atomic mass is 79.9. The van der Waals surface area contributed by atoms with Crippen LogP contribution in [0.3, 0.4) is 0 Å². The van der Waals surface area contributed by atoms with Crippen LogP contribution in [0.2, 0.25) is 4.34 Å². The lowest BCUT2D eigenvalue weighted by Gasteiger charge is -2.02. The van der Waals surface area contributed by atoms with Gasteiger partial charge in [-0.05, 0) is 22.0 Å². The summed E-state index contributed by atoms with van der Waals surface area (Å²) in [5.74, 6) is 0. The van der Waals surface area contributed by atoms with Crippen LogP contribution in [0.4, 0.5) is 0 Å². The van der Waals surface area contributed by atoms with Crippen LogP contribution in [-0.4, -0.2) is 20.3 Å². The normalized spacial score (nSPS) is 10.8. The third kappa shape index (κ3) is 4.25. The van der Waals surface area contributed by atoms with Gasteiger partial charge in [0, 0.05) is 16.5 Å². The summed E-state index contributed by atoms with van der Waals surface area (Å²) in [5, 5.41) is 0. The molecule has 1 aromatic heterocycles. The number of methoxy groups -OCH3 is 1. The third-order valence-corrected chi connectivity index (χ3v) is 3.91. The van der Waals surface area contributed by atoms with Gasteiger partial charge in [-0.1, -0.05) is 11.6 Å². The Hall–Kier alpha value is 0.350. The minimum absolute atomic E-state index is 0.538. The molecule has 0 fully saturated rings. The number of rotatable bonds is 6. The summed E-state index contributed by atoms with van der Waals surface area (Å²) in [7, 11) is 1.64. The number of hydroxylamine groups is 1. The Balaban J connectivity index is 2.18. The van der Waals surface area contributed by atoms with Crippen molar-refractivity contribution in [2.24, 2.45) is 0 Å². The third-order valence-electron chi connectivity index (χ3n) is 1.43. The predicted octanol–water partition coefficient (Wildman–Crippen LogP) is 2.83. The van der Waals surface area contributed by atoms with Gasteiger partial charge in [-0.3, -0.25) is 4.84 Å². The van der Waals surface area contributed by atoms with Gasteiger partial charge >= 0.3 is 0 Å². The number of halogens is 2. The van der Waals surface area contributed by atoms with E-state index < -0.39 is 0 Å². The maximum atomic E-state index is 5.87. The summed E-state index contributed by atoms with van der Waals surface area (Å²) in [6, 6.07) is 1.97. The first-order valence-corrected chi connectivity index (χ1v) is 6.00. The van der Waals surface area contributed by atoms with Crippen molar-refractivity contribution >= 4 is 38.9 Å². The Morgan fingerprint density at radius 2 is 2.36 bits per heavy atom. The SMILES string of the molecule is COCCONCc1cc(Br)c(Cl)s1. The number of nitrogens with one attached hydrogen (secondary N) is 1. The molecule has 0 aliphatic carbocycles. The fourth-order valence-electron chi connectivity index (χ4n) is 0.798. The van der Waals surface area contributed by atoms with E-state index in [0.29, 0.717) is 19.8 Å². The van der Waals surface area contributed by atoms with Crippen molar-refractivity contribution in [2.45, 2.75) is 6.54 Å². The van der Waals surface area contributed by atoms with Crippen LogP contribution in [0.15, 0.2) is 10.5 Å². The van der Waals surface area contributed by atoms with Crippen LogP contribution in [0, 0.1) is 0 Å². The number of ether oxygens (including phenoxy) is 1. The molecular weight excluding hydrogens is 290 g/mol. The molecule has 1 rings (SSSR count). The zero-order chi connectivity index (χ0) is 10.4. The summed E-state index contributed by atoms with van der Waals surface area (Å²) >= 11 is 10.7. The van der Waals surface area contributed by atoms with E-state index in [4.69, 9.17) is 21.2 Å². The first-order chi connectivity index (χ1) is 6.74. The van der Waals surface area contributed by atoms with Gasteiger partial charge in [0.25, 0.3) is 0 Å². The molecule has 0 amide bonds. The molecule has 0 aromatic carbocycles. The van der Waals surface area contributed by atoms with Crippen LogP contribution < -0.4 is 5.48 Å². The molecule has 0 aliphatic heterocycles. The van der Waals surface area contributed by atoms with E-state index in [1.54, 1.807) is 7.11 Å². The van der Waals surface area contributed by atoms with Gasteiger partial charge in [-0.25, -0.2) is 0 Å². The molecule has 1 heterocycles. The first kappa shape index (κ1) is 12.4. The van der Waals surface area contributed by atoms with Crippen molar-refractivity contribution in [3.63, 3.8) is 0 Å². The Kier molecular flexibility index (Phi) is 6.00. The molecule has 0 atom stereocenters. The van der Waals surface area contributed by atoms with Crippen molar-refractivity contribution in [3.05, 3.63) is 19.8 Å². The topological polar surface area (TPSA) is 30.5 Å². The quantitative estimate of drug-likeness (QED) is 0.647. The molecule has 0 radical (unpaired) electrons. The van der Waals surface area contributed by atoms with Crippen molar-refractivity contribution in [2.75, 3.05) is 20.3 Å². The largest absolute Gasteiger partial charge is 0.382 e. The lowest BCUT2D eigenvalue weighted by atomic mass is 10.5. The van der Waals surface area contributed by atoms with Gasteiger partial charge in [0.2, 0.25) is 0 Å². The van der Waals surface area contributed by atoms with Crippen LogP contribution >= 0.6 is 38.9 Å². The summed E-state index contributed by atoms with van der Waals surface area (Å²) in [5.41, 5.74) is 2.83. The van der Waals surface area contributed by atoms with E-state index in [2.05, 4.69) is 21.4 Å². The molecule has 0 aliphatic rings. The molecule has 3 nitrogen and oxygen atoms in total. The molecule has 80 valence electrons. The summed E-state index contributed by atoms with van der Waals surface area (Å²) < 4.78 is 6.52. The second-order valence-corrected chi connectivity index (χ2v) is 5.09. The van der Waals surface area contributed by atoms with Crippen molar-refractivity contribution in [1.29, 1.82) is 0 Å². The van der Waals surface area contributed by atoms with E-state index >= 15 is 0 Å². The summed E-state index contributed by atoms with van der Waals surface area (Å²) in [4.78, 5) is 6.22. The molecule has 0 saturated heterocycles. The fraction of sp³-hybridized carbons (Fsp3) is 0.500. The molecular formula is C8H11BrClNO2S. The van der Waals surface area contributed by atoms with Crippen molar-refractivity contribution in [1.82, 2.24) is 5.48 Å². The highest BCUT2D eigenvalue weighted by molar-refractivity contribution is 9.10. The van der Waals surface area contributed by atoms with Crippen LogP contribution in [0.5, 0.6) is 0 Å². The van der Waals surface area contributed by atoms with E-state index in [1.807, 2.05) is 6.07 Å². The highest BCUT2D eigenvalue weighted by Gasteiger charge is 2.03. The van der Waals surface area contributed by atoms with Gasteiger partial charge in [0.05, 0.1) is 19.8 Å². The highest BCUT2D eigenvalue weighted by Crippen LogP contribution is 2.31. The second-order valence-electron chi connectivity index (χ2n) is 2.50. The molecule has 1 N–H and O–H groups in total. The molecule has 0 spiro atoms. The monoisotopic (exact) mass is 299 g/mol. The van der Waals surface area contributed by atoms with Gasteiger partial charge in [0.15, 0.2) is 0 Å². The van der Waals surface area contributed by atoms with Gasteiger partial charge in [-0.2, -0.15) is 5.48 Å². The van der Waals surface area contributed by atoms with Gasteiger partial charge < -0.3 is 4.74 Å². The summed E-state index contributed by atoms with van der Waals surface area (Å²) in [6.45, 7) is 1.78. The van der Waals surface area contributed by atoms with Gasteiger partial charge in [0.1, 0.15) is 4.34 Å². The zero-order valence-electron chi connectivity index (χ0n) is 7.68. The van der Waals surface area contributed by atoms with Crippen molar-refractivity contribution in [3.8, 4) is 0 Å². The Morgan fingerprint density at radius 3 is 2.93 bits per heavy atom. The Morgan fingerprint density at radius 1 is 1.57 bits per heavy atom. The lowest BCUT2D eigenvalue weighted by molar-refractivity contribution is 0.00386. The number of hydrogen-bond donors (Lipinski definition) is 1. The fourth-order valence-corrected chi connectivity index (χ4v) is 2.51. The number of thiophene rings is 1. The van der Waals surface area contributed by atoms with E-state index in [0.717, 1.165) is 13.7 Å². The second kappa shape index (κ2) is 6.76. The number of hydrogen-bond acceptors (Lipinski definition) is 4. The average Bonchev–Trinajstić information content (AvgIpc) is 2.46. The first-order valence-electron chi connectivity index (χ1n) is 4.01. The zero-order valence-corrected chi connectivity index (χ0v) is 10.8. The smallest absolute Gasteiger partial charge is 0.107 e. The van der Waals surface area contributed by atoms with E-state index in [-0.39, 0.29) is 0 Å². The Bertz CT molecular complexity index is 263. The minimum Gasteiger partial charge on any atom is -0.382 e. The Labute approximate surface area is 100 Å². The van der Waals surface area contributed by atoms with E-state index in [9.17, 15) is 0 Å². The van der Waals surface area contributed by atoms with Crippen molar-refractivity contribution < 1.29 is 9.57 Å². The standard InChI is InChI=1S/C8H11BrClNO2S/c1-12-2-3-13-11-5-6-4-7(9)8(10)14-6/h4,11H,2-3,5H2,1H3. The van der Waals surface area contributed by atoms with Gasteiger partial charge in [-0.15, -0.1) is 11.3 Å². The molecule has 14 heavy (non-hydrogen) atoms. The summed E-state index contributed by atoms with van der Waals surface area (Å²) in [6.07, 6.45) is 0.